The number of hydrogen-bond acceptors (Lipinski definition) is 2. The van der Waals surface area contributed by atoms with Crippen LogP contribution in [-0.2, 0) is 11.3 Å². The van der Waals surface area contributed by atoms with Gasteiger partial charge in [0.15, 0.2) is 17.7 Å². The van der Waals surface area contributed by atoms with Crippen LogP contribution in [0.15, 0.2) is 42.6 Å². The molecule has 0 saturated carbocycles. The minimum absolute atomic E-state index is 0.0185. The summed E-state index contributed by atoms with van der Waals surface area (Å²) in [5, 5.41) is 2.82. The van der Waals surface area contributed by atoms with Crippen LogP contribution >= 0.6 is 0 Å². The number of anilines is 1. The van der Waals surface area contributed by atoms with E-state index in [9.17, 15) is 9.59 Å². The van der Waals surface area contributed by atoms with E-state index in [2.05, 4.69) is 5.32 Å². The molecule has 4 nitrogen and oxygen atoms in total. The standard InChI is InChI=1S/C17H18N2O2/c1-12-6-5-9-19(13(12)2)11-17(21)18-16-8-4-7-15(10-16)14(3)20/h4-10H,11H2,1-3H3/p+1. The van der Waals surface area contributed by atoms with Crippen molar-refractivity contribution >= 4 is 17.4 Å². The molecular weight excluding hydrogens is 264 g/mol. The normalized spacial score (nSPS) is 10.2. The van der Waals surface area contributed by atoms with Crippen LogP contribution in [0.2, 0.25) is 0 Å². The molecule has 1 aromatic carbocycles. The van der Waals surface area contributed by atoms with Gasteiger partial charge in [-0.2, -0.15) is 4.57 Å². The molecule has 1 heterocycles. The van der Waals surface area contributed by atoms with Gasteiger partial charge in [0, 0.05) is 29.8 Å². The Morgan fingerprint density at radius 2 is 1.90 bits per heavy atom. The Labute approximate surface area is 124 Å². The lowest BCUT2D eigenvalue weighted by Crippen LogP contribution is -2.43. The lowest BCUT2D eigenvalue weighted by atomic mass is 10.1. The van der Waals surface area contributed by atoms with Crippen molar-refractivity contribution in [2.45, 2.75) is 27.3 Å². The summed E-state index contributed by atoms with van der Waals surface area (Å²) in [5.41, 5.74) is 3.43. The summed E-state index contributed by atoms with van der Waals surface area (Å²) in [7, 11) is 0. The van der Waals surface area contributed by atoms with E-state index in [4.69, 9.17) is 0 Å². The number of amides is 1. The fourth-order valence-electron chi connectivity index (χ4n) is 2.09. The minimum Gasteiger partial charge on any atom is -0.321 e. The molecule has 0 fully saturated rings. The van der Waals surface area contributed by atoms with Crippen molar-refractivity contribution in [2.24, 2.45) is 0 Å². The van der Waals surface area contributed by atoms with Gasteiger partial charge in [-0.1, -0.05) is 12.1 Å². The number of aromatic nitrogens is 1. The van der Waals surface area contributed by atoms with E-state index in [1.807, 2.05) is 36.7 Å². The van der Waals surface area contributed by atoms with E-state index in [0.717, 1.165) is 11.3 Å². The number of carbonyl (C=O) groups excluding carboxylic acids is 2. The first-order valence-electron chi connectivity index (χ1n) is 6.84. The highest BCUT2D eigenvalue weighted by molar-refractivity contribution is 5.96. The number of nitrogens with zero attached hydrogens (tertiary/aromatic N) is 1. The summed E-state index contributed by atoms with van der Waals surface area (Å²) >= 11 is 0. The van der Waals surface area contributed by atoms with Gasteiger partial charge in [0.25, 0.3) is 5.91 Å². The molecule has 0 bridgehead atoms. The fourth-order valence-corrected chi connectivity index (χ4v) is 2.09. The smallest absolute Gasteiger partial charge is 0.290 e. The van der Waals surface area contributed by atoms with Crippen molar-refractivity contribution in [2.75, 3.05) is 5.32 Å². The fraction of sp³-hybridized carbons (Fsp3) is 0.235. The number of pyridine rings is 1. The Morgan fingerprint density at radius 1 is 1.14 bits per heavy atom. The topological polar surface area (TPSA) is 50.1 Å². The summed E-state index contributed by atoms with van der Waals surface area (Å²) in [4.78, 5) is 23.4. The maximum absolute atomic E-state index is 12.1. The highest BCUT2D eigenvalue weighted by Gasteiger charge is 2.14. The van der Waals surface area contributed by atoms with E-state index in [1.54, 1.807) is 24.3 Å². The number of ketones is 1. The van der Waals surface area contributed by atoms with E-state index < -0.39 is 0 Å². The van der Waals surface area contributed by atoms with Crippen LogP contribution in [0.4, 0.5) is 5.69 Å². The number of benzene rings is 1. The average Bonchev–Trinajstić information content (AvgIpc) is 2.44. The maximum Gasteiger partial charge on any atom is 0.290 e. The maximum atomic E-state index is 12.1. The Balaban J connectivity index is 2.10. The zero-order chi connectivity index (χ0) is 15.4. The third kappa shape index (κ3) is 3.75. The summed E-state index contributed by atoms with van der Waals surface area (Å²) in [6.45, 7) is 5.75. The lowest BCUT2D eigenvalue weighted by Gasteiger charge is -2.06. The third-order valence-corrected chi connectivity index (χ3v) is 3.48. The van der Waals surface area contributed by atoms with Gasteiger partial charge in [-0.05, 0) is 32.0 Å². The molecule has 0 aliphatic rings. The number of aryl methyl sites for hydroxylation is 1. The Morgan fingerprint density at radius 3 is 2.62 bits per heavy atom. The van der Waals surface area contributed by atoms with Gasteiger partial charge in [-0.15, -0.1) is 0 Å². The van der Waals surface area contributed by atoms with Crippen molar-refractivity contribution in [3.63, 3.8) is 0 Å². The average molecular weight is 283 g/mol. The largest absolute Gasteiger partial charge is 0.321 e. The first-order valence-corrected chi connectivity index (χ1v) is 6.84. The van der Waals surface area contributed by atoms with Crippen LogP contribution in [0.1, 0.15) is 28.5 Å². The Bertz CT molecular complexity index is 693. The summed E-state index contributed by atoms with van der Waals surface area (Å²) < 4.78 is 1.90. The zero-order valence-electron chi connectivity index (χ0n) is 12.5. The molecule has 2 rings (SSSR count). The van der Waals surface area contributed by atoms with E-state index in [1.165, 1.54) is 6.92 Å². The minimum atomic E-state index is -0.116. The SMILES string of the molecule is CC(=O)c1cccc(NC(=O)C[n+]2cccc(C)c2C)c1. The second-order valence-corrected chi connectivity index (χ2v) is 5.09. The molecule has 0 atom stereocenters. The molecule has 0 radical (unpaired) electrons. The molecule has 1 N–H and O–H groups in total. The second kappa shape index (κ2) is 6.31. The highest BCUT2D eigenvalue weighted by atomic mass is 16.2. The molecule has 0 aliphatic carbocycles. The van der Waals surface area contributed by atoms with Gasteiger partial charge in [0.1, 0.15) is 0 Å². The van der Waals surface area contributed by atoms with Crippen molar-refractivity contribution in [1.29, 1.82) is 0 Å². The predicted molar refractivity (Wildman–Crippen MR) is 81.2 cm³/mol. The number of nitrogens with one attached hydrogen (secondary N) is 1. The molecule has 0 spiro atoms. The molecular formula is C17H19N2O2+. The summed E-state index contributed by atoms with van der Waals surface area (Å²) in [6.07, 6.45) is 1.88. The van der Waals surface area contributed by atoms with Gasteiger partial charge < -0.3 is 5.32 Å². The highest BCUT2D eigenvalue weighted by Crippen LogP contribution is 2.11. The van der Waals surface area contributed by atoms with Gasteiger partial charge in [-0.3, -0.25) is 9.59 Å². The number of rotatable bonds is 4. The van der Waals surface area contributed by atoms with Crippen LogP contribution in [0.5, 0.6) is 0 Å². The molecule has 21 heavy (non-hydrogen) atoms. The molecule has 4 heteroatoms. The third-order valence-electron chi connectivity index (χ3n) is 3.48. The van der Waals surface area contributed by atoms with Gasteiger partial charge in [0.05, 0.1) is 0 Å². The van der Waals surface area contributed by atoms with Gasteiger partial charge in [0.2, 0.25) is 6.54 Å². The quantitative estimate of drug-likeness (QED) is 0.692. The lowest BCUT2D eigenvalue weighted by molar-refractivity contribution is -0.690. The van der Waals surface area contributed by atoms with Crippen molar-refractivity contribution < 1.29 is 14.2 Å². The van der Waals surface area contributed by atoms with Crippen molar-refractivity contribution in [3.8, 4) is 0 Å². The van der Waals surface area contributed by atoms with Crippen LogP contribution in [0.3, 0.4) is 0 Å². The van der Waals surface area contributed by atoms with E-state index in [-0.39, 0.29) is 18.2 Å². The number of Topliss-reactive ketones (excluding diaryl/α,β-unsaturated/α-hetero) is 1. The monoisotopic (exact) mass is 283 g/mol. The molecule has 0 saturated heterocycles. The molecule has 2 aromatic rings. The van der Waals surface area contributed by atoms with Crippen molar-refractivity contribution in [3.05, 3.63) is 59.4 Å². The zero-order valence-corrected chi connectivity index (χ0v) is 12.5. The molecule has 1 aromatic heterocycles. The Kier molecular flexibility index (Phi) is 4.48. The predicted octanol–water partition coefficient (Wildman–Crippen LogP) is 2.43. The number of hydrogen-bond donors (Lipinski definition) is 1. The first-order chi connectivity index (χ1) is 9.97. The Hall–Kier alpha value is -2.49. The molecule has 1 amide bonds. The number of carbonyl (C=O) groups is 2. The van der Waals surface area contributed by atoms with Crippen LogP contribution in [-0.4, -0.2) is 11.7 Å². The summed E-state index contributed by atoms with van der Waals surface area (Å²) in [5.74, 6) is -0.135. The van der Waals surface area contributed by atoms with E-state index >= 15 is 0 Å². The van der Waals surface area contributed by atoms with Gasteiger partial charge >= 0.3 is 0 Å². The van der Waals surface area contributed by atoms with Gasteiger partial charge in [-0.25, -0.2) is 0 Å². The van der Waals surface area contributed by atoms with Crippen molar-refractivity contribution in [1.82, 2.24) is 0 Å². The van der Waals surface area contributed by atoms with Crippen LogP contribution in [0.25, 0.3) is 0 Å². The summed E-state index contributed by atoms with van der Waals surface area (Å²) in [6, 6.07) is 10.9. The molecule has 108 valence electrons. The molecule has 0 aliphatic heterocycles. The first kappa shape index (κ1) is 14.9. The van der Waals surface area contributed by atoms with E-state index in [0.29, 0.717) is 11.3 Å². The second-order valence-electron chi connectivity index (χ2n) is 5.09. The molecule has 0 unspecified atom stereocenters. The van der Waals surface area contributed by atoms with Crippen LogP contribution < -0.4 is 9.88 Å². The van der Waals surface area contributed by atoms with Crippen LogP contribution in [0, 0.1) is 13.8 Å².